The van der Waals surface area contributed by atoms with E-state index in [-0.39, 0.29) is 5.92 Å². The van der Waals surface area contributed by atoms with E-state index >= 15 is 0 Å². The number of fused-ring (bicyclic) bond motifs is 1. The highest BCUT2D eigenvalue weighted by atomic mass is 19.3. The van der Waals surface area contributed by atoms with Gasteiger partial charge in [-0.05, 0) is 31.8 Å². The Morgan fingerprint density at radius 3 is 2.80 bits per heavy atom. The molecule has 1 saturated heterocycles. The molecule has 1 aliphatic heterocycles. The summed E-state index contributed by atoms with van der Waals surface area (Å²) >= 11 is 0. The van der Waals surface area contributed by atoms with Crippen molar-refractivity contribution in [3.8, 4) is 0 Å². The second-order valence-electron chi connectivity index (χ2n) is 3.39. The van der Waals surface area contributed by atoms with Crippen LogP contribution in [0.3, 0.4) is 0 Å². The standard InChI is InChI=1S/C7H11F2N/c8-6(9)7-1-2-10-4-5(7)3-7/h5-6,10H,1-4H2/t5-,7+/m0/s1. The van der Waals surface area contributed by atoms with Crippen molar-refractivity contribution in [3.05, 3.63) is 0 Å². The van der Waals surface area contributed by atoms with Gasteiger partial charge in [-0.2, -0.15) is 0 Å². The van der Waals surface area contributed by atoms with Crippen molar-refractivity contribution in [2.45, 2.75) is 19.3 Å². The monoisotopic (exact) mass is 147 g/mol. The molecule has 3 heteroatoms. The highest BCUT2D eigenvalue weighted by molar-refractivity contribution is 5.07. The maximum Gasteiger partial charge on any atom is 0.244 e. The van der Waals surface area contributed by atoms with Crippen molar-refractivity contribution in [2.75, 3.05) is 13.1 Å². The summed E-state index contributed by atoms with van der Waals surface area (Å²) in [5.74, 6) is 0.279. The second kappa shape index (κ2) is 1.91. The van der Waals surface area contributed by atoms with Gasteiger partial charge in [0, 0.05) is 5.41 Å². The molecular formula is C7H11F2N. The smallest absolute Gasteiger partial charge is 0.244 e. The largest absolute Gasteiger partial charge is 0.316 e. The minimum absolute atomic E-state index is 0.279. The quantitative estimate of drug-likeness (QED) is 0.588. The lowest BCUT2D eigenvalue weighted by atomic mass is 9.97. The van der Waals surface area contributed by atoms with Crippen LogP contribution in [-0.2, 0) is 0 Å². The molecule has 1 heterocycles. The molecule has 0 spiro atoms. The van der Waals surface area contributed by atoms with Crippen LogP contribution in [0.5, 0.6) is 0 Å². The van der Waals surface area contributed by atoms with Crippen LogP contribution in [0, 0.1) is 11.3 Å². The zero-order chi connectivity index (χ0) is 7.19. The highest BCUT2D eigenvalue weighted by Crippen LogP contribution is 2.59. The van der Waals surface area contributed by atoms with E-state index < -0.39 is 11.8 Å². The molecule has 2 aliphatic rings. The van der Waals surface area contributed by atoms with Crippen LogP contribution in [0.15, 0.2) is 0 Å². The van der Waals surface area contributed by atoms with E-state index in [2.05, 4.69) is 5.32 Å². The number of piperidine rings is 1. The molecule has 0 amide bonds. The van der Waals surface area contributed by atoms with Gasteiger partial charge in [0.2, 0.25) is 6.43 Å². The lowest BCUT2D eigenvalue weighted by molar-refractivity contribution is 0.0397. The zero-order valence-electron chi connectivity index (χ0n) is 5.74. The van der Waals surface area contributed by atoms with Gasteiger partial charge in [-0.15, -0.1) is 0 Å². The SMILES string of the molecule is FC(F)[C@@]12CCNC[C@@H]1C2. The number of nitrogens with one attached hydrogen (secondary N) is 1. The van der Waals surface area contributed by atoms with Gasteiger partial charge in [0.25, 0.3) is 0 Å². The summed E-state index contributed by atoms with van der Waals surface area (Å²) in [5, 5.41) is 3.12. The molecular weight excluding hydrogens is 136 g/mol. The van der Waals surface area contributed by atoms with Crippen molar-refractivity contribution in [2.24, 2.45) is 11.3 Å². The van der Waals surface area contributed by atoms with Crippen molar-refractivity contribution >= 4 is 0 Å². The Bertz CT molecular complexity index is 149. The van der Waals surface area contributed by atoms with Gasteiger partial charge in [0.1, 0.15) is 0 Å². The molecule has 1 aliphatic carbocycles. The number of hydrogen-bond donors (Lipinski definition) is 1. The van der Waals surface area contributed by atoms with Crippen LogP contribution in [-0.4, -0.2) is 19.5 Å². The minimum Gasteiger partial charge on any atom is -0.316 e. The molecule has 0 aromatic rings. The topological polar surface area (TPSA) is 12.0 Å². The van der Waals surface area contributed by atoms with E-state index in [4.69, 9.17) is 0 Å². The Labute approximate surface area is 58.8 Å². The van der Waals surface area contributed by atoms with Crippen molar-refractivity contribution < 1.29 is 8.78 Å². The lowest BCUT2D eigenvalue weighted by Gasteiger charge is -2.21. The van der Waals surface area contributed by atoms with E-state index in [1.807, 2.05) is 0 Å². The molecule has 2 atom stereocenters. The Kier molecular flexibility index (Phi) is 1.24. The van der Waals surface area contributed by atoms with Gasteiger partial charge in [-0.3, -0.25) is 0 Å². The van der Waals surface area contributed by atoms with E-state index in [0.717, 1.165) is 19.5 Å². The number of rotatable bonds is 1. The molecule has 2 fully saturated rings. The fourth-order valence-electron chi connectivity index (χ4n) is 1.96. The summed E-state index contributed by atoms with van der Waals surface area (Å²) in [4.78, 5) is 0. The van der Waals surface area contributed by atoms with E-state index in [0.29, 0.717) is 6.42 Å². The maximum atomic E-state index is 12.3. The average molecular weight is 147 g/mol. The molecule has 0 unspecified atom stereocenters. The van der Waals surface area contributed by atoms with Gasteiger partial charge in [-0.1, -0.05) is 0 Å². The van der Waals surface area contributed by atoms with Gasteiger partial charge < -0.3 is 5.32 Å². The third-order valence-corrected chi connectivity index (χ3v) is 2.87. The minimum atomic E-state index is -2.08. The lowest BCUT2D eigenvalue weighted by Crippen LogP contribution is -2.32. The molecule has 1 nitrogen and oxygen atoms in total. The number of alkyl halides is 2. The number of hydrogen-bond acceptors (Lipinski definition) is 1. The summed E-state index contributed by atoms with van der Waals surface area (Å²) in [5.41, 5.74) is -0.550. The molecule has 2 rings (SSSR count). The molecule has 0 bridgehead atoms. The summed E-state index contributed by atoms with van der Waals surface area (Å²) < 4.78 is 24.6. The third-order valence-electron chi connectivity index (χ3n) is 2.87. The van der Waals surface area contributed by atoms with Crippen molar-refractivity contribution in [1.29, 1.82) is 0 Å². The Hall–Kier alpha value is -0.180. The summed E-state index contributed by atoms with van der Waals surface area (Å²) in [6.45, 7) is 1.59. The van der Waals surface area contributed by atoms with E-state index in [1.165, 1.54) is 0 Å². The first-order chi connectivity index (χ1) is 4.76. The van der Waals surface area contributed by atoms with Gasteiger partial charge in [-0.25, -0.2) is 8.78 Å². The molecule has 58 valence electrons. The predicted octanol–water partition coefficient (Wildman–Crippen LogP) is 1.25. The van der Waals surface area contributed by atoms with Crippen LogP contribution in [0.4, 0.5) is 8.78 Å². The van der Waals surface area contributed by atoms with Crippen molar-refractivity contribution in [3.63, 3.8) is 0 Å². The Morgan fingerprint density at radius 2 is 2.30 bits per heavy atom. The molecule has 1 N–H and O–H groups in total. The fourth-order valence-corrected chi connectivity index (χ4v) is 1.96. The Balaban J connectivity index is 2.05. The van der Waals surface area contributed by atoms with Crippen molar-refractivity contribution in [1.82, 2.24) is 5.32 Å². The number of halogens is 2. The molecule has 0 aromatic heterocycles. The third kappa shape index (κ3) is 0.698. The summed E-state index contributed by atoms with van der Waals surface area (Å²) in [7, 11) is 0. The van der Waals surface area contributed by atoms with Crippen LogP contribution in [0.25, 0.3) is 0 Å². The van der Waals surface area contributed by atoms with Crippen LogP contribution >= 0.6 is 0 Å². The van der Waals surface area contributed by atoms with E-state index in [1.54, 1.807) is 0 Å². The highest BCUT2D eigenvalue weighted by Gasteiger charge is 2.60. The average Bonchev–Trinajstić information content (AvgIpc) is 2.61. The molecule has 0 radical (unpaired) electrons. The van der Waals surface area contributed by atoms with E-state index in [9.17, 15) is 8.78 Å². The second-order valence-corrected chi connectivity index (χ2v) is 3.39. The molecule has 10 heavy (non-hydrogen) atoms. The zero-order valence-corrected chi connectivity index (χ0v) is 5.74. The predicted molar refractivity (Wildman–Crippen MR) is 34.0 cm³/mol. The summed E-state index contributed by atoms with van der Waals surface area (Å²) in [6, 6.07) is 0. The van der Waals surface area contributed by atoms with Crippen LogP contribution in [0.1, 0.15) is 12.8 Å². The first kappa shape index (κ1) is 6.53. The normalized spacial score (nSPS) is 45.3. The molecule has 0 aromatic carbocycles. The van der Waals surface area contributed by atoms with Gasteiger partial charge in [0.05, 0.1) is 0 Å². The van der Waals surface area contributed by atoms with Gasteiger partial charge in [0.15, 0.2) is 0 Å². The van der Waals surface area contributed by atoms with Gasteiger partial charge >= 0.3 is 0 Å². The fraction of sp³-hybridized carbons (Fsp3) is 1.00. The van der Waals surface area contributed by atoms with Crippen LogP contribution < -0.4 is 5.32 Å². The Morgan fingerprint density at radius 1 is 1.50 bits per heavy atom. The summed E-state index contributed by atoms with van der Waals surface area (Å²) in [6.07, 6.45) is -0.660. The maximum absolute atomic E-state index is 12.3. The first-order valence-corrected chi connectivity index (χ1v) is 3.74. The van der Waals surface area contributed by atoms with Crippen LogP contribution in [0.2, 0.25) is 0 Å². The molecule has 1 saturated carbocycles. The first-order valence-electron chi connectivity index (χ1n) is 3.74.